The zero-order chi connectivity index (χ0) is 29.4. The largest absolute Gasteiger partial charge is 0.496 e. The van der Waals surface area contributed by atoms with Gasteiger partial charge in [-0.05, 0) is 17.5 Å². The first-order chi connectivity index (χ1) is 20.5. The summed E-state index contributed by atoms with van der Waals surface area (Å²) in [4.78, 5) is 10.7. The summed E-state index contributed by atoms with van der Waals surface area (Å²) < 4.78 is 34.3. The van der Waals surface area contributed by atoms with Gasteiger partial charge < -0.3 is 28.4 Å². The Hall–Kier alpha value is -3.00. The van der Waals surface area contributed by atoms with Gasteiger partial charge in [-0.2, -0.15) is 0 Å². The summed E-state index contributed by atoms with van der Waals surface area (Å²) in [5.74, 6) is 4.99. The van der Waals surface area contributed by atoms with Gasteiger partial charge in [0.25, 0.3) is 0 Å². The number of hydrogen-bond donors (Lipinski definition) is 0. The maximum atomic E-state index is 5.89. The number of hydrogen-bond acceptors (Lipinski definition) is 12. The molecule has 6 rings (SSSR count). The minimum Gasteiger partial charge on any atom is -0.496 e. The fourth-order valence-corrected chi connectivity index (χ4v) is 11.2. The molecule has 0 aromatic carbocycles. The average molecular weight is 675 g/mol. The van der Waals surface area contributed by atoms with Crippen LogP contribution < -0.4 is 28.4 Å². The molecule has 0 saturated heterocycles. The molecular formula is C30H26O6S6. The summed E-state index contributed by atoms with van der Waals surface area (Å²) in [6.07, 6.45) is 0. The Labute approximate surface area is 267 Å². The van der Waals surface area contributed by atoms with Gasteiger partial charge in [0.05, 0.1) is 91.4 Å². The standard InChI is InChI=1S/C30H26O6S6/c1-31-15-9-21(38-14-15)27-17(33-3)11-23(40-27)29-19(35-5)13-25(42-29)30-20(36-6)12-24(41-30)28-18(34-4)10-22(39-28)26-16(32-2)7-8-37-26/h7-14H,1-6H3. The Morgan fingerprint density at radius 2 is 0.810 bits per heavy atom. The van der Waals surface area contributed by atoms with Crippen LogP contribution in [0.2, 0.25) is 0 Å². The van der Waals surface area contributed by atoms with E-state index in [1.54, 1.807) is 111 Å². The summed E-state index contributed by atoms with van der Waals surface area (Å²) >= 11 is 10.0. The van der Waals surface area contributed by atoms with Crippen molar-refractivity contribution >= 4 is 68.0 Å². The van der Waals surface area contributed by atoms with Crippen LogP contribution in [0.1, 0.15) is 0 Å². The fourth-order valence-electron chi connectivity index (χ4n) is 4.42. The molecule has 0 amide bonds. The van der Waals surface area contributed by atoms with Crippen molar-refractivity contribution in [3.63, 3.8) is 0 Å². The molecule has 0 radical (unpaired) electrons. The van der Waals surface area contributed by atoms with Crippen molar-refractivity contribution in [3.05, 3.63) is 47.2 Å². The second-order valence-corrected chi connectivity index (χ2v) is 14.7. The molecule has 0 atom stereocenters. The SMILES string of the molecule is COc1csc(-c2sc(-c3sc(-c4sc(-c5sc(-c6sccc6OC)cc5OC)cc4OC)cc3OC)cc2OC)c1. The van der Waals surface area contributed by atoms with Crippen LogP contribution in [0.4, 0.5) is 0 Å². The molecule has 0 spiro atoms. The zero-order valence-corrected chi connectivity index (χ0v) is 28.4. The smallest absolute Gasteiger partial charge is 0.138 e. The minimum atomic E-state index is 0.811. The molecule has 0 unspecified atom stereocenters. The molecule has 42 heavy (non-hydrogen) atoms. The van der Waals surface area contributed by atoms with Crippen LogP contribution in [-0.4, -0.2) is 42.7 Å². The normalized spacial score (nSPS) is 11.1. The minimum absolute atomic E-state index is 0.811. The third kappa shape index (κ3) is 5.20. The van der Waals surface area contributed by atoms with E-state index in [2.05, 4.69) is 24.3 Å². The molecule has 218 valence electrons. The van der Waals surface area contributed by atoms with Crippen LogP contribution in [0.5, 0.6) is 34.5 Å². The van der Waals surface area contributed by atoms with E-state index in [4.69, 9.17) is 28.4 Å². The molecule has 6 aromatic heterocycles. The first kappa shape index (κ1) is 29.1. The molecule has 0 bridgehead atoms. The molecule has 0 saturated carbocycles. The summed E-state index contributed by atoms with van der Waals surface area (Å²) in [6.45, 7) is 0. The molecule has 0 aliphatic carbocycles. The van der Waals surface area contributed by atoms with E-state index in [0.29, 0.717) is 0 Å². The predicted molar refractivity (Wildman–Crippen MR) is 180 cm³/mol. The molecule has 0 fully saturated rings. The van der Waals surface area contributed by atoms with Gasteiger partial charge in [-0.25, -0.2) is 0 Å². The Morgan fingerprint density at radius 3 is 1.19 bits per heavy atom. The highest BCUT2D eigenvalue weighted by molar-refractivity contribution is 7.31. The van der Waals surface area contributed by atoms with Gasteiger partial charge in [0, 0.05) is 29.6 Å². The lowest BCUT2D eigenvalue weighted by Crippen LogP contribution is -1.81. The van der Waals surface area contributed by atoms with Crippen molar-refractivity contribution in [3.8, 4) is 83.3 Å². The Balaban J connectivity index is 1.40. The molecule has 0 aliphatic rings. The number of ether oxygens (including phenoxy) is 6. The summed E-state index contributed by atoms with van der Waals surface area (Å²) in [5.41, 5.74) is 0. The van der Waals surface area contributed by atoms with Gasteiger partial charge in [-0.3, -0.25) is 0 Å². The van der Waals surface area contributed by atoms with Gasteiger partial charge in [-0.1, -0.05) is 0 Å². The molecule has 0 N–H and O–H groups in total. The third-order valence-electron chi connectivity index (χ3n) is 6.45. The van der Waals surface area contributed by atoms with Crippen molar-refractivity contribution in [1.29, 1.82) is 0 Å². The van der Waals surface area contributed by atoms with Crippen LogP contribution in [0, 0.1) is 0 Å². The van der Waals surface area contributed by atoms with Gasteiger partial charge in [0.2, 0.25) is 0 Å². The highest BCUT2D eigenvalue weighted by atomic mass is 32.1. The first-order valence-electron chi connectivity index (χ1n) is 12.5. The zero-order valence-electron chi connectivity index (χ0n) is 23.5. The molecule has 6 nitrogen and oxygen atoms in total. The van der Waals surface area contributed by atoms with Crippen LogP contribution in [0.25, 0.3) is 48.8 Å². The van der Waals surface area contributed by atoms with Crippen molar-refractivity contribution in [2.75, 3.05) is 42.7 Å². The second kappa shape index (κ2) is 12.3. The lowest BCUT2D eigenvalue weighted by atomic mass is 10.2. The maximum absolute atomic E-state index is 5.89. The van der Waals surface area contributed by atoms with Crippen molar-refractivity contribution < 1.29 is 28.4 Å². The van der Waals surface area contributed by atoms with Gasteiger partial charge >= 0.3 is 0 Å². The Morgan fingerprint density at radius 1 is 0.405 bits per heavy atom. The number of methoxy groups -OCH3 is 6. The van der Waals surface area contributed by atoms with E-state index < -0.39 is 0 Å². The van der Waals surface area contributed by atoms with E-state index in [0.717, 1.165) is 83.3 Å². The van der Waals surface area contributed by atoms with E-state index >= 15 is 0 Å². The van der Waals surface area contributed by atoms with Crippen molar-refractivity contribution in [2.24, 2.45) is 0 Å². The van der Waals surface area contributed by atoms with Gasteiger partial charge in [0.1, 0.15) is 34.5 Å². The third-order valence-corrected chi connectivity index (χ3v) is 13.6. The number of thiophene rings is 6. The topological polar surface area (TPSA) is 55.4 Å². The molecule has 12 heteroatoms. The maximum Gasteiger partial charge on any atom is 0.138 e. The molecular weight excluding hydrogens is 649 g/mol. The Bertz CT molecular complexity index is 1830. The van der Waals surface area contributed by atoms with Crippen LogP contribution in [0.3, 0.4) is 0 Å². The van der Waals surface area contributed by atoms with E-state index in [1.807, 2.05) is 22.9 Å². The van der Waals surface area contributed by atoms with E-state index in [9.17, 15) is 0 Å². The highest BCUT2D eigenvalue weighted by Crippen LogP contribution is 2.56. The van der Waals surface area contributed by atoms with E-state index in [-0.39, 0.29) is 0 Å². The molecule has 0 aliphatic heterocycles. The predicted octanol–water partition coefficient (Wildman–Crippen LogP) is 10.4. The first-order valence-corrected chi connectivity index (χ1v) is 17.5. The molecule has 6 aromatic rings. The van der Waals surface area contributed by atoms with Crippen molar-refractivity contribution in [2.45, 2.75) is 0 Å². The van der Waals surface area contributed by atoms with E-state index in [1.165, 1.54) is 0 Å². The Kier molecular flexibility index (Phi) is 8.53. The van der Waals surface area contributed by atoms with Crippen LogP contribution in [0.15, 0.2) is 47.2 Å². The highest BCUT2D eigenvalue weighted by Gasteiger charge is 2.25. The van der Waals surface area contributed by atoms with Crippen LogP contribution >= 0.6 is 68.0 Å². The second-order valence-electron chi connectivity index (χ2n) is 8.70. The lowest BCUT2D eigenvalue weighted by Gasteiger charge is -1.98. The summed E-state index contributed by atoms with van der Waals surface area (Å²) in [5, 5.41) is 4.04. The average Bonchev–Trinajstić information content (AvgIpc) is 3.86. The number of rotatable bonds is 11. The fraction of sp³-hybridized carbons (Fsp3) is 0.200. The summed E-state index contributed by atoms with van der Waals surface area (Å²) in [6, 6.07) is 12.4. The lowest BCUT2D eigenvalue weighted by molar-refractivity contribution is 0.416. The van der Waals surface area contributed by atoms with Gasteiger partial charge in [0.15, 0.2) is 0 Å². The van der Waals surface area contributed by atoms with Crippen LogP contribution in [-0.2, 0) is 0 Å². The summed E-state index contributed by atoms with van der Waals surface area (Å²) in [7, 11) is 10.2. The quantitative estimate of drug-likeness (QED) is 0.136. The molecule has 6 heterocycles. The van der Waals surface area contributed by atoms with Gasteiger partial charge in [-0.15, -0.1) is 68.0 Å². The van der Waals surface area contributed by atoms with Crippen molar-refractivity contribution in [1.82, 2.24) is 0 Å². The monoisotopic (exact) mass is 674 g/mol.